The van der Waals surface area contributed by atoms with E-state index >= 15 is 0 Å². The van der Waals surface area contributed by atoms with Crippen LogP contribution in [0.4, 0.5) is 13.2 Å². The van der Waals surface area contributed by atoms with Crippen LogP contribution in [-0.2, 0) is 21.4 Å². The highest BCUT2D eigenvalue weighted by atomic mass is 19.4. The Bertz CT molecular complexity index is 393. The Morgan fingerprint density at radius 2 is 2.00 bits per heavy atom. The van der Waals surface area contributed by atoms with Gasteiger partial charge in [-0.25, -0.2) is 0 Å². The highest BCUT2D eigenvalue weighted by Crippen LogP contribution is 2.16. The van der Waals surface area contributed by atoms with Gasteiger partial charge in [-0.2, -0.15) is 18.2 Å². The van der Waals surface area contributed by atoms with Gasteiger partial charge in [-0.1, -0.05) is 5.16 Å². The summed E-state index contributed by atoms with van der Waals surface area (Å²) in [5.74, 6) is 0.408. The van der Waals surface area contributed by atoms with Crippen molar-refractivity contribution >= 4 is 0 Å². The lowest BCUT2D eigenvalue weighted by molar-refractivity contribution is -0.173. The van der Waals surface area contributed by atoms with Gasteiger partial charge in [0, 0.05) is 7.11 Å². The summed E-state index contributed by atoms with van der Waals surface area (Å²) >= 11 is 0. The molecule has 1 unspecified atom stereocenters. The first kappa shape index (κ1) is 15.9. The number of hydrogen-bond donors (Lipinski definition) is 1. The normalized spacial score (nSPS) is 15.5. The highest BCUT2D eigenvalue weighted by Gasteiger charge is 2.28. The smallest absolute Gasteiger partial charge is 0.382 e. The first-order chi connectivity index (χ1) is 8.74. The molecule has 6 nitrogen and oxygen atoms in total. The monoisotopic (exact) mass is 283 g/mol. The number of hydrogen-bond acceptors (Lipinski definition) is 6. The molecule has 0 bridgehead atoms. The number of rotatable bonds is 7. The van der Waals surface area contributed by atoms with Crippen molar-refractivity contribution in [1.82, 2.24) is 10.1 Å². The maximum absolute atomic E-state index is 11.8. The summed E-state index contributed by atoms with van der Waals surface area (Å²) in [6, 6.07) is 0. The van der Waals surface area contributed by atoms with Gasteiger partial charge >= 0.3 is 6.18 Å². The summed E-state index contributed by atoms with van der Waals surface area (Å²) in [5.41, 5.74) is 4.97. The van der Waals surface area contributed by atoms with E-state index in [9.17, 15) is 13.2 Å². The van der Waals surface area contributed by atoms with E-state index in [1.807, 2.05) is 0 Å². The summed E-state index contributed by atoms with van der Waals surface area (Å²) in [5, 5.41) is 3.67. The van der Waals surface area contributed by atoms with Crippen molar-refractivity contribution in [2.24, 2.45) is 5.73 Å². The third kappa shape index (κ3) is 5.53. The molecular weight excluding hydrogens is 267 g/mol. The standard InChI is InChI=1S/C10H16F3N3O3/c1-9(14,5-17-2)8-15-7(19-16-8)3-4-18-6-10(11,12)13/h3-6,14H2,1-2H3. The lowest BCUT2D eigenvalue weighted by Crippen LogP contribution is -2.39. The average molecular weight is 283 g/mol. The Hall–Kier alpha value is -1.19. The SMILES string of the molecule is COCC(C)(N)c1noc(CCOCC(F)(F)F)n1. The van der Waals surface area contributed by atoms with E-state index in [1.165, 1.54) is 7.11 Å². The van der Waals surface area contributed by atoms with Gasteiger partial charge in [0.2, 0.25) is 5.89 Å². The molecule has 1 atom stereocenters. The average Bonchev–Trinajstić information content (AvgIpc) is 2.72. The zero-order valence-electron chi connectivity index (χ0n) is 10.7. The first-order valence-corrected chi connectivity index (χ1v) is 5.50. The van der Waals surface area contributed by atoms with Crippen molar-refractivity contribution in [1.29, 1.82) is 0 Å². The molecule has 0 saturated carbocycles. The fourth-order valence-corrected chi connectivity index (χ4v) is 1.30. The van der Waals surface area contributed by atoms with Crippen molar-refractivity contribution in [3.05, 3.63) is 11.7 Å². The lowest BCUT2D eigenvalue weighted by Gasteiger charge is -2.18. The quantitative estimate of drug-likeness (QED) is 0.752. The van der Waals surface area contributed by atoms with Crippen LogP contribution >= 0.6 is 0 Å². The molecule has 1 aromatic heterocycles. The van der Waals surface area contributed by atoms with Crippen LogP contribution in [0.2, 0.25) is 0 Å². The molecule has 1 rings (SSSR count). The van der Waals surface area contributed by atoms with Crippen LogP contribution in [0.3, 0.4) is 0 Å². The second kappa shape index (κ2) is 6.31. The fourth-order valence-electron chi connectivity index (χ4n) is 1.30. The number of halogens is 3. The molecule has 1 aromatic rings. The number of ether oxygens (including phenoxy) is 2. The lowest BCUT2D eigenvalue weighted by atomic mass is 10.1. The van der Waals surface area contributed by atoms with Gasteiger partial charge in [0.15, 0.2) is 5.82 Å². The van der Waals surface area contributed by atoms with E-state index in [0.717, 1.165) is 0 Å². The second-order valence-corrected chi connectivity index (χ2v) is 4.28. The third-order valence-electron chi connectivity index (χ3n) is 2.15. The van der Waals surface area contributed by atoms with Gasteiger partial charge < -0.3 is 19.7 Å². The molecule has 2 N–H and O–H groups in total. The van der Waals surface area contributed by atoms with Gasteiger partial charge in [0.1, 0.15) is 12.1 Å². The van der Waals surface area contributed by atoms with Crippen molar-refractivity contribution in [2.45, 2.75) is 25.1 Å². The van der Waals surface area contributed by atoms with Crippen molar-refractivity contribution in [3.63, 3.8) is 0 Å². The van der Waals surface area contributed by atoms with Crippen LogP contribution in [0.15, 0.2) is 4.52 Å². The van der Waals surface area contributed by atoms with Gasteiger partial charge in [-0.3, -0.25) is 0 Å². The van der Waals surface area contributed by atoms with Gasteiger partial charge in [0.25, 0.3) is 0 Å². The molecule has 9 heteroatoms. The largest absolute Gasteiger partial charge is 0.411 e. The van der Waals surface area contributed by atoms with E-state index in [1.54, 1.807) is 6.92 Å². The maximum atomic E-state index is 11.8. The molecule has 0 aromatic carbocycles. The maximum Gasteiger partial charge on any atom is 0.411 e. The van der Waals surface area contributed by atoms with Crippen LogP contribution in [0.1, 0.15) is 18.6 Å². The molecular formula is C10H16F3N3O3. The number of methoxy groups -OCH3 is 1. The van der Waals surface area contributed by atoms with E-state index in [2.05, 4.69) is 14.9 Å². The molecule has 0 fully saturated rings. The minimum absolute atomic E-state index is 0.0894. The molecule has 0 aliphatic carbocycles. The Morgan fingerprint density at radius 1 is 1.32 bits per heavy atom. The Balaban J connectivity index is 2.43. The van der Waals surface area contributed by atoms with Crippen LogP contribution in [-0.4, -0.2) is 43.2 Å². The number of aromatic nitrogens is 2. The molecule has 0 saturated heterocycles. The third-order valence-corrected chi connectivity index (χ3v) is 2.15. The summed E-state index contributed by atoms with van der Waals surface area (Å²) in [4.78, 5) is 3.99. The molecule has 0 aliphatic rings. The molecule has 19 heavy (non-hydrogen) atoms. The van der Waals surface area contributed by atoms with E-state index in [-0.39, 0.29) is 31.3 Å². The predicted molar refractivity (Wildman–Crippen MR) is 58.3 cm³/mol. The summed E-state index contributed by atoms with van der Waals surface area (Å²) in [6.45, 7) is 0.390. The summed E-state index contributed by atoms with van der Waals surface area (Å²) < 4.78 is 49.7. The van der Waals surface area contributed by atoms with Crippen LogP contribution in [0.25, 0.3) is 0 Å². The summed E-state index contributed by atoms with van der Waals surface area (Å²) in [6.07, 6.45) is -4.25. The molecule has 110 valence electrons. The van der Waals surface area contributed by atoms with E-state index < -0.39 is 18.3 Å². The van der Waals surface area contributed by atoms with Crippen LogP contribution in [0, 0.1) is 0 Å². The molecule has 0 radical (unpaired) electrons. The zero-order chi connectivity index (χ0) is 14.5. The fraction of sp³-hybridized carbons (Fsp3) is 0.800. The Kier molecular flexibility index (Phi) is 5.27. The van der Waals surface area contributed by atoms with E-state index in [4.69, 9.17) is 15.0 Å². The zero-order valence-corrected chi connectivity index (χ0v) is 10.7. The minimum atomic E-state index is -4.34. The molecule has 0 aliphatic heterocycles. The Labute approximate surface area is 108 Å². The van der Waals surface area contributed by atoms with Gasteiger partial charge in [0.05, 0.1) is 19.6 Å². The minimum Gasteiger partial charge on any atom is -0.382 e. The highest BCUT2D eigenvalue weighted by molar-refractivity contribution is 5.01. The Morgan fingerprint density at radius 3 is 2.58 bits per heavy atom. The van der Waals surface area contributed by atoms with Crippen molar-refractivity contribution in [2.75, 3.05) is 26.9 Å². The first-order valence-electron chi connectivity index (χ1n) is 5.50. The molecule has 0 amide bonds. The van der Waals surface area contributed by atoms with Gasteiger partial charge in [-0.15, -0.1) is 0 Å². The topological polar surface area (TPSA) is 83.4 Å². The molecule has 0 spiro atoms. The number of nitrogens with two attached hydrogens (primary N) is 1. The summed E-state index contributed by atoms with van der Waals surface area (Å²) in [7, 11) is 1.48. The van der Waals surface area contributed by atoms with Crippen molar-refractivity contribution < 1.29 is 27.2 Å². The number of nitrogens with zero attached hydrogens (tertiary/aromatic N) is 2. The van der Waals surface area contributed by atoms with Crippen LogP contribution in [0.5, 0.6) is 0 Å². The van der Waals surface area contributed by atoms with Crippen LogP contribution < -0.4 is 5.73 Å². The van der Waals surface area contributed by atoms with E-state index in [0.29, 0.717) is 0 Å². The molecule has 1 heterocycles. The second-order valence-electron chi connectivity index (χ2n) is 4.28. The predicted octanol–water partition coefficient (Wildman–Crippen LogP) is 1.01. The number of alkyl halides is 3. The van der Waals surface area contributed by atoms with Gasteiger partial charge in [-0.05, 0) is 6.92 Å². The van der Waals surface area contributed by atoms with Crippen molar-refractivity contribution in [3.8, 4) is 0 Å².